The third kappa shape index (κ3) is 65.0. The Labute approximate surface area is 489 Å². The molecule has 0 aliphatic carbocycles. The van der Waals surface area contributed by atoms with Gasteiger partial charge >= 0.3 is 17.9 Å². The highest BCUT2D eigenvalue weighted by Gasteiger charge is 2.19. The van der Waals surface area contributed by atoms with E-state index in [1.165, 1.54) is 205 Å². The fourth-order valence-electron chi connectivity index (χ4n) is 9.58. The molecule has 0 bridgehead atoms. The smallest absolute Gasteiger partial charge is 0.309 e. The predicted molar refractivity (Wildman–Crippen MR) is 344 cm³/mol. The molecule has 0 aliphatic rings. The van der Waals surface area contributed by atoms with E-state index in [2.05, 4.69) is 106 Å². The van der Waals surface area contributed by atoms with Gasteiger partial charge in [-0.3, -0.25) is 14.4 Å². The van der Waals surface area contributed by atoms with Gasteiger partial charge in [0.15, 0.2) is 6.10 Å². The molecule has 0 rings (SSSR count). The van der Waals surface area contributed by atoms with Crippen LogP contribution in [0.25, 0.3) is 0 Å². The number of carbonyl (C=O) groups is 3. The van der Waals surface area contributed by atoms with E-state index in [1.807, 2.05) is 6.08 Å². The van der Waals surface area contributed by atoms with Gasteiger partial charge in [-0.2, -0.15) is 0 Å². The molecule has 1 atom stereocenters. The zero-order valence-electron chi connectivity index (χ0n) is 52.1. The highest BCUT2D eigenvalue weighted by Crippen LogP contribution is 2.17. The van der Waals surface area contributed by atoms with Gasteiger partial charge in [-0.05, 0) is 83.5 Å². The number of rotatable bonds is 61. The summed E-state index contributed by atoms with van der Waals surface area (Å²) in [6, 6.07) is 0. The first-order chi connectivity index (χ1) is 39.0. The number of unbranched alkanes of at least 4 members (excludes halogenated alkanes) is 35. The maximum atomic E-state index is 12.9. The topological polar surface area (TPSA) is 78.9 Å². The molecule has 1 unspecified atom stereocenters. The van der Waals surface area contributed by atoms with Crippen molar-refractivity contribution >= 4 is 17.9 Å². The molecule has 0 saturated heterocycles. The van der Waals surface area contributed by atoms with Crippen molar-refractivity contribution in [2.45, 2.75) is 335 Å². The zero-order chi connectivity index (χ0) is 57.1. The lowest BCUT2D eigenvalue weighted by Crippen LogP contribution is -2.30. The minimum absolute atomic E-state index is 0.107. The normalized spacial score (nSPS) is 12.7. The third-order valence-electron chi connectivity index (χ3n) is 14.6. The summed E-state index contributed by atoms with van der Waals surface area (Å²) < 4.78 is 16.9. The number of ether oxygens (including phenoxy) is 3. The molecule has 0 N–H and O–H groups in total. The van der Waals surface area contributed by atoms with Crippen LogP contribution in [-0.2, 0) is 28.6 Å². The fraction of sp³-hybridized carbons (Fsp3) is 0.740. The second kappa shape index (κ2) is 66.8. The summed E-state index contributed by atoms with van der Waals surface area (Å²) in [7, 11) is 0. The van der Waals surface area contributed by atoms with Crippen LogP contribution in [0.15, 0.2) is 97.2 Å². The first-order valence-electron chi connectivity index (χ1n) is 33.7. The summed E-state index contributed by atoms with van der Waals surface area (Å²) in [5, 5.41) is 0. The molecule has 0 aromatic heterocycles. The van der Waals surface area contributed by atoms with E-state index in [4.69, 9.17) is 14.2 Å². The summed E-state index contributed by atoms with van der Waals surface area (Å²) in [6.07, 6.45) is 90.2. The highest BCUT2D eigenvalue weighted by molar-refractivity contribution is 5.72. The number of hydrogen-bond donors (Lipinski definition) is 0. The van der Waals surface area contributed by atoms with Gasteiger partial charge in [-0.15, -0.1) is 0 Å². The summed E-state index contributed by atoms with van der Waals surface area (Å²) in [4.78, 5) is 38.3. The fourth-order valence-corrected chi connectivity index (χ4v) is 9.58. The molecule has 6 nitrogen and oxygen atoms in total. The lowest BCUT2D eigenvalue weighted by atomic mass is 10.0. The first-order valence-corrected chi connectivity index (χ1v) is 33.7. The van der Waals surface area contributed by atoms with Crippen LogP contribution in [0.3, 0.4) is 0 Å². The molecule has 454 valence electrons. The van der Waals surface area contributed by atoms with Crippen molar-refractivity contribution in [3.8, 4) is 0 Å². The van der Waals surface area contributed by atoms with Gasteiger partial charge in [-0.1, -0.05) is 323 Å². The monoisotopic (exact) mass is 1100 g/mol. The van der Waals surface area contributed by atoms with Crippen LogP contribution >= 0.6 is 0 Å². The number of hydrogen-bond acceptors (Lipinski definition) is 6. The average molecular weight is 1100 g/mol. The second-order valence-corrected chi connectivity index (χ2v) is 22.4. The molecular weight excluding hydrogens is 973 g/mol. The third-order valence-corrected chi connectivity index (χ3v) is 14.6. The van der Waals surface area contributed by atoms with E-state index < -0.39 is 12.1 Å². The Bertz CT molecular complexity index is 1540. The van der Waals surface area contributed by atoms with Gasteiger partial charge in [0.25, 0.3) is 0 Å². The predicted octanol–water partition coefficient (Wildman–Crippen LogP) is 23.2. The van der Waals surface area contributed by atoms with Gasteiger partial charge in [-0.25, -0.2) is 0 Å². The Morgan fingerprint density at radius 3 is 0.886 bits per heavy atom. The van der Waals surface area contributed by atoms with Crippen LogP contribution in [0.5, 0.6) is 0 Å². The second-order valence-electron chi connectivity index (χ2n) is 22.4. The summed E-state index contributed by atoms with van der Waals surface area (Å²) in [6.45, 7) is 6.47. The van der Waals surface area contributed by atoms with E-state index in [0.29, 0.717) is 12.8 Å². The molecule has 0 amide bonds. The van der Waals surface area contributed by atoms with Crippen LogP contribution in [0.1, 0.15) is 329 Å². The van der Waals surface area contributed by atoms with Crippen LogP contribution < -0.4 is 0 Å². The molecule has 0 heterocycles. The van der Waals surface area contributed by atoms with Crippen LogP contribution in [0.4, 0.5) is 0 Å². The molecular formula is C73H126O6. The SMILES string of the molecule is CC/C=C\C/C=C\C/C=C\C/C=C\C/C=C\CC(=O)OCC(COC(=O)CCCCCCCCCCCC/C=C\C/C=C\C/C=C\CCCCCCC)OC(=O)CCCCCCCCCCCCCCCCCCCCCCC. The van der Waals surface area contributed by atoms with Crippen molar-refractivity contribution in [2.24, 2.45) is 0 Å². The van der Waals surface area contributed by atoms with E-state index in [9.17, 15) is 14.4 Å². The Morgan fingerprint density at radius 2 is 0.544 bits per heavy atom. The Hall–Kier alpha value is -3.67. The van der Waals surface area contributed by atoms with Crippen LogP contribution in [0.2, 0.25) is 0 Å². The van der Waals surface area contributed by atoms with E-state index in [0.717, 1.165) is 83.5 Å². The minimum Gasteiger partial charge on any atom is -0.462 e. The Kier molecular flexibility index (Phi) is 63.7. The molecule has 0 fully saturated rings. The van der Waals surface area contributed by atoms with Crippen molar-refractivity contribution in [3.63, 3.8) is 0 Å². The molecule has 0 aromatic carbocycles. The highest BCUT2D eigenvalue weighted by atomic mass is 16.6. The number of esters is 3. The van der Waals surface area contributed by atoms with Gasteiger partial charge in [0.2, 0.25) is 0 Å². The average Bonchev–Trinajstić information content (AvgIpc) is 3.45. The molecule has 0 spiro atoms. The van der Waals surface area contributed by atoms with E-state index >= 15 is 0 Å². The molecule has 0 aromatic rings. The molecule has 6 heteroatoms. The minimum atomic E-state index is -0.820. The van der Waals surface area contributed by atoms with Crippen molar-refractivity contribution in [1.29, 1.82) is 0 Å². The Balaban J connectivity index is 4.39. The maximum absolute atomic E-state index is 12.9. The number of allylic oxidation sites excluding steroid dienone is 15. The Morgan fingerprint density at radius 1 is 0.278 bits per heavy atom. The van der Waals surface area contributed by atoms with Crippen LogP contribution in [-0.4, -0.2) is 37.2 Å². The molecule has 0 saturated carbocycles. The summed E-state index contributed by atoms with van der Waals surface area (Å²) >= 11 is 0. The van der Waals surface area contributed by atoms with Gasteiger partial charge in [0.05, 0.1) is 6.42 Å². The van der Waals surface area contributed by atoms with Crippen molar-refractivity contribution in [2.75, 3.05) is 13.2 Å². The maximum Gasteiger partial charge on any atom is 0.309 e. The largest absolute Gasteiger partial charge is 0.462 e. The zero-order valence-corrected chi connectivity index (χ0v) is 52.1. The first kappa shape index (κ1) is 75.3. The van der Waals surface area contributed by atoms with Crippen molar-refractivity contribution in [3.05, 3.63) is 97.2 Å². The standard InChI is InChI=1S/C73H126O6/c1-4-7-10-13-16-19-22-25-28-30-32-34-35-36-37-39-40-42-45-48-51-54-57-60-63-66-72(75)78-69-70(68-77-71(74)65-62-59-56-53-50-47-44-27-24-21-18-15-12-9-6-3)79-73(76)67-64-61-58-55-52-49-46-43-41-38-33-31-29-26-23-20-17-14-11-8-5-2/h9,12,18,21-22,25,27,30,32,35-36,44,50,53,59,62,70H,4-8,10-11,13-17,19-20,23-24,26,28-29,31,33-34,37-43,45-49,51-52,54-58,60-61,63-69H2,1-3H3/b12-9-,21-18-,25-22-,32-30-,36-35-,44-27-,53-50-,62-59-. The molecule has 79 heavy (non-hydrogen) atoms. The quantitative estimate of drug-likeness (QED) is 0.0261. The molecule has 0 radical (unpaired) electrons. The van der Waals surface area contributed by atoms with Crippen molar-refractivity contribution in [1.82, 2.24) is 0 Å². The van der Waals surface area contributed by atoms with Crippen molar-refractivity contribution < 1.29 is 28.6 Å². The van der Waals surface area contributed by atoms with Crippen LogP contribution in [0, 0.1) is 0 Å². The van der Waals surface area contributed by atoms with Gasteiger partial charge < -0.3 is 14.2 Å². The lowest BCUT2D eigenvalue weighted by molar-refractivity contribution is -0.166. The van der Waals surface area contributed by atoms with Gasteiger partial charge in [0, 0.05) is 12.8 Å². The van der Waals surface area contributed by atoms with Gasteiger partial charge in [0.1, 0.15) is 13.2 Å². The number of carbonyl (C=O) groups excluding carboxylic acids is 3. The van der Waals surface area contributed by atoms with E-state index in [1.54, 1.807) is 6.08 Å². The molecule has 0 aliphatic heterocycles. The summed E-state index contributed by atoms with van der Waals surface area (Å²) in [5.41, 5.74) is 0. The lowest BCUT2D eigenvalue weighted by Gasteiger charge is -2.18. The van der Waals surface area contributed by atoms with E-state index in [-0.39, 0.29) is 31.6 Å². The summed E-state index contributed by atoms with van der Waals surface area (Å²) in [5.74, 6) is -1.03.